The molecule has 0 aliphatic carbocycles. The van der Waals surface area contributed by atoms with Crippen LogP contribution in [0.25, 0.3) is 0 Å². The zero-order valence-corrected chi connectivity index (χ0v) is 14.7. The van der Waals surface area contributed by atoms with E-state index in [9.17, 15) is 14.7 Å². The van der Waals surface area contributed by atoms with Crippen LogP contribution >= 0.6 is 0 Å². The van der Waals surface area contributed by atoms with E-state index in [1.165, 1.54) is 19.2 Å². The van der Waals surface area contributed by atoms with Crippen LogP contribution in [0.5, 0.6) is 5.75 Å². The molecule has 0 heterocycles. The number of phenolic OH excluding ortho intramolecular Hbond substituents is 1. The van der Waals surface area contributed by atoms with Crippen LogP contribution in [0.15, 0.2) is 18.2 Å². The summed E-state index contributed by atoms with van der Waals surface area (Å²) in [6.45, 7) is 3.84. The first-order valence-corrected chi connectivity index (χ1v) is 7.65. The number of nitrogens with one attached hydrogen (secondary N) is 1. The number of rotatable bonds is 6. The summed E-state index contributed by atoms with van der Waals surface area (Å²) >= 11 is 0. The Kier molecular flexibility index (Phi) is 6.59. The lowest BCUT2D eigenvalue weighted by Gasteiger charge is -2.22. The van der Waals surface area contributed by atoms with E-state index in [1.807, 2.05) is 27.9 Å². The van der Waals surface area contributed by atoms with Crippen LogP contribution in [0.3, 0.4) is 0 Å². The fourth-order valence-corrected chi connectivity index (χ4v) is 2.20. The number of hydrogen-bond acceptors (Lipinski definition) is 5. The average molecular weight is 332 g/mol. The molecule has 130 valence electrons. The number of likely N-dealkylation sites (N-methyl/N-ethyl adjacent to an activating group) is 1. The van der Waals surface area contributed by atoms with Gasteiger partial charge in [-0.1, -0.05) is 13.8 Å². The fourth-order valence-electron chi connectivity index (χ4n) is 2.20. The summed E-state index contributed by atoms with van der Waals surface area (Å²) in [7, 11) is 5.00. The van der Waals surface area contributed by atoms with Gasteiger partial charge >= 0.3 is 0 Å². The van der Waals surface area contributed by atoms with Crippen LogP contribution < -0.4 is 10.2 Å². The molecule has 1 atom stereocenters. The maximum atomic E-state index is 12.4. The molecule has 0 radical (unpaired) electrons. The molecule has 7 heteroatoms. The highest BCUT2D eigenvalue weighted by Gasteiger charge is 2.26. The number of carbonyl (C=O) groups is 2. The summed E-state index contributed by atoms with van der Waals surface area (Å²) in [6, 6.07) is 3.87. The third-order valence-electron chi connectivity index (χ3n) is 3.53. The van der Waals surface area contributed by atoms with Crippen LogP contribution in [0.2, 0.25) is 0 Å². The number of phenols is 1. The fraction of sp³-hybridized carbons (Fsp3) is 0.471. The summed E-state index contributed by atoms with van der Waals surface area (Å²) in [5.41, 5.74) is 0.838. The maximum absolute atomic E-state index is 12.4. The SMILES string of the molecule is CC(C)C[C@H](NC(=O)c1ccc(N(C)C)cc1O)C(=O)N(C)C#N. The molecule has 0 aliphatic rings. The number of amides is 2. The summed E-state index contributed by atoms with van der Waals surface area (Å²) < 4.78 is 0. The third kappa shape index (κ3) is 4.88. The van der Waals surface area contributed by atoms with Gasteiger partial charge in [0.15, 0.2) is 6.19 Å². The van der Waals surface area contributed by atoms with E-state index in [-0.39, 0.29) is 17.2 Å². The van der Waals surface area contributed by atoms with Crippen LogP contribution in [-0.2, 0) is 4.79 Å². The van der Waals surface area contributed by atoms with Gasteiger partial charge in [0.1, 0.15) is 11.8 Å². The van der Waals surface area contributed by atoms with Gasteiger partial charge in [0.25, 0.3) is 11.8 Å². The van der Waals surface area contributed by atoms with Gasteiger partial charge in [-0.15, -0.1) is 0 Å². The Hall–Kier alpha value is -2.75. The van der Waals surface area contributed by atoms with Crippen molar-refractivity contribution < 1.29 is 14.7 Å². The molecule has 0 spiro atoms. The van der Waals surface area contributed by atoms with Gasteiger partial charge in [-0.05, 0) is 24.5 Å². The van der Waals surface area contributed by atoms with Crippen molar-refractivity contribution in [3.8, 4) is 11.9 Å². The number of nitrogens with zero attached hydrogens (tertiary/aromatic N) is 3. The van der Waals surface area contributed by atoms with E-state index in [4.69, 9.17) is 5.26 Å². The molecule has 1 aromatic rings. The van der Waals surface area contributed by atoms with Gasteiger partial charge in [0, 0.05) is 32.9 Å². The molecule has 0 bridgehead atoms. The molecule has 1 rings (SSSR count). The van der Waals surface area contributed by atoms with E-state index in [2.05, 4.69) is 5.32 Å². The first-order valence-electron chi connectivity index (χ1n) is 7.65. The lowest BCUT2D eigenvalue weighted by Crippen LogP contribution is -2.46. The number of carbonyl (C=O) groups excluding carboxylic acids is 2. The largest absolute Gasteiger partial charge is 0.507 e. The Morgan fingerprint density at radius 3 is 2.38 bits per heavy atom. The molecule has 7 nitrogen and oxygen atoms in total. The third-order valence-corrected chi connectivity index (χ3v) is 3.53. The minimum absolute atomic E-state index is 0.0850. The molecule has 0 saturated carbocycles. The van der Waals surface area contributed by atoms with E-state index < -0.39 is 17.9 Å². The van der Waals surface area contributed by atoms with Gasteiger partial charge in [0.05, 0.1) is 5.56 Å². The van der Waals surface area contributed by atoms with E-state index in [0.717, 1.165) is 10.6 Å². The van der Waals surface area contributed by atoms with E-state index in [1.54, 1.807) is 17.2 Å². The number of benzene rings is 1. The minimum Gasteiger partial charge on any atom is -0.507 e. The predicted molar refractivity (Wildman–Crippen MR) is 91.5 cm³/mol. The topological polar surface area (TPSA) is 96.7 Å². The molecule has 0 saturated heterocycles. The molecule has 2 N–H and O–H groups in total. The van der Waals surface area contributed by atoms with Crippen molar-refractivity contribution in [3.05, 3.63) is 23.8 Å². The average Bonchev–Trinajstić information content (AvgIpc) is 2.51. The van der Waals surface area contributed by atoms with E-state index in [0.29, 0.717) is 6.42 Å². The second-order valence-electron chi connectivity index (χ2n) is 6.25. The Morgan fingerprint density at radius 2 is 1.92 bits per heavy atom. The first kappa shape index (κ1) is 19.3. The Labute approximate surface area is 142 Å². The molecular weight excluding hydrogens is 308 g/mol. The maximum Gasteiger partial charge on any atom is 0.257 e. The molecule has 0 unspecified atom stereocenters. The van der Waals surface area contributed by atoms with Crippen LogP contribution in [0, 0.1) is 17.4 Å². The summed E-state index contributed by atoms with van der Waals surface area (Å²) in [5, 5.41) is 21.5. The molecule has 24 heavy (non-hydrogen) atoms. The van der Waals surface area contributed by atoms with Gasteiger partial charge in [0.2, 0.25) is 0 Å². The molecule has 0 fully saturated rings. The summed E-state index contributed by atoms with van der Waals surface area (Å²) in [6.07, 6.45) is 2.14. The Morgan fingerprint density at radius 1 is 1.29 bits per heavy atom. The van der Waals surface area contributed by atoms with Crippen molar-refractivity contribution in [2.75, 3.05) is 26.0 Å². The minimum atomic E-state index is -0.824. The lowest BCUT2D eigenvalue weighted by molar-refractivity contribution is -0.129. The monoisotopic (exact) mass is 332 g/mol. The smallest absolute Gasteiger partial charge is 0.257 e. The summed E-state index contributed by atoms with van der Waals surface area (Å²) in [4.78, 5) is 27.3. The van der Waals surface area contributed by atoms with Crippen LogP contribution in [-0.4, -0.2) is 49.0 Å². The normalized spacial score (nSPS) is 11.5. The molecule has 0 aromatic heterocycles. The Bertz CT molecular complexity index is 650. The molecule has 2 amide bonds. The molecule has 1 aromatic carbocycles. The first-order chi connectivity index (χ1) is 11.2. The van der Waals surface area contributed by atoms with Gasteiger partial charge in [-0.2, -0.15) is 5.26 Å². The molecular formula is C17H24N4O3. The second-order valence-corrected chi connectivity index (χ2v) is 6.25. The second kappa shape index (κ2) is 8.20. The van der Waals surface area contributed by atoms with Crippen molar-refractivity contribution >= 4 is 17.5 Å². The predicted octanol–water partition coefficient (Wildman–Crippen LogP) is 1.54. The zero-order chi connectivity index (χ0) is 18.4. The van der Waals surface area contributed by atoms with Crippen molar-refractivity contribution in [1.82, 2.24) is 10.2 Å². The number of hydrogen-bond donors (Lipinski definition) is 2. The van der Waals surface area contributed by atoms with Crippen molar-refractivity contribution in [1.29, 1.82) is 5.26 Å². The highest BCUT2D eigenvalue weighted by molar-refractivity contribution is 6.00. The lowest BCUT2D eigenvalue weighted by atomic mass is 10.0. The van der Waals surface area contributed by atoms with Crippen molar-refractivity contribution in [3.63, 3.8) is 0 Å². The van der Waals surface area contributed by atoms with Crippen molar-refractivity contribution in [2.24, 2.45) is 5.92 Å². The highest BCUT2D eigenvalue weighted by Crippen LogP contribution is 2.23. The highest BCUT2D eigenvalue weighted by atomic mass is 16.3. The van der Waals surface area contributed by atoms with Crippen molar-refractivity contribution in [2.45, 2.75) is 26.3 Å². The Balaban J connectivity index is 3.00. The number of nitriles is 1. The van der Waals surface area contributed by atoms with Gasteiger partial charge in [-0.25, -0.2) is 0 Å². The van der Waals surface area contributed by atoms with E-state index >= 15 is 0 Å². The zero-order valence-electron chi connectivity index (χ0n) is 14.7. The summed E-state index contributed by atoms with van der Waals surface area (Å²) in [5.74, 6) is -1.05. The standard InChI is InChI=1S/C17H24N4O3/c1-11(2)8-14(17(24)21(5)10-18)19-16(23)13-7-6-12(20(3)4)9-15(13)22/h6-7,9,11,14,22H,8H2,1-5H3,(H,19,23)/t14-/m0/s1. The van der Waals surface area contributed by atoms with Crippen LogP contribution in [0.1, 0.15) is 30.6 Å². The van der Waals surface area contributed by atoms with Gasteiger partial charge in [-0.3, -0.25) is 14.5 Å². The molecule has 0 aliphatic heterocycles. The van der Waals surface area contributed by atoms with Crippen LogP contribution in [0.4, 0.5) is 5.69 Å². The quantitative estimate of drug-likeness (QED) is 0.608. The van der Waals surface area contributed by atoms with Gasteiger partial charge < -0.3 is 15.3 Å². The number of aromatic hydroxyl groups is 1. The number of anilines is 1.